The Hall–Kier alpha value is -3.02. The molecule has 2 aromatic rings. The van der Waals surface area contributed by atoms with Crippen molar-refractivity contribution < 1.29 is 24.2 Å². The van der Waals surface area contributed by atoms with E-state index < -0.39 is 5.97 Å². The highest BCUT2D eigenvalue weighted by Gasteiger charge is 2.08. The molecule has 0 atom stereocenters. The highest BCUT2D eigenvalue weighted by atomic mass is 16.5. The van der Waals surface area contributed by atoms with Gasteiger partial charge in [0, 0.05) is 13.0 Å². The van der Waals surface area contributed by atoms with Crippen molar-refractivity contribution in [1.29, 1.82) is 0 Å². The molecule has 138 valence electrons. The SMILES string of the molecule is COc1ccc(CCNC(=O)CCC(=O)O)cc1OCc1ccccc1. The number of amides is 1. The standard InChI is InChI=1S/C20H23NO5/c1-25-17-8-7-15(11-12-21-19(22)9-10-20(23)24)13-18(17)26-14-16-5-3-2-4-6-16/h2-8,13H,9-12,14H2,1H3,(H,21,22)(H,23,24). The van der Waals surface area contributed by atoms with E-state index in [9.17, 15) is 9.59 Å². The Morgan fingerprint density at radius 1 is 1.00 bits per heavy atom. The quantitative estimate of drug-likeness (QED) is 0.683. The third kappa shape index (κ3) is 6.47. The van der Waals surface area contributed by atoms with Crippen molar-refractivity contribution in [3.63, 3.8) is 0 Å². The molecule has 0 radical (unpaired) electrons. The first-order chi connectivity index (χ1) is 12.6. The maximum absolute atomic E-state index is 11.5. The van der Waals surface area contributed by atoms with Gasteiger partial charge in [-0.15, -0.1) is 0 Å². The first kappa shape index (κ1) is 19.3. The Morgan fingerprint density at radius 3 is 2.46 bits per heavy atom. The van der Waals surface area contributed by atoms with E-state index in [1.54, 1.807) is 7.11 Å². The summed E-state index contributed by atoms with van der Waals surface area (Å²) in [7, 11) is 1.59. The Bertz CT molecular complexity index is 730. The second kappa shape index (κ2) is 10.1. The number of carbonyl (C=O) groups is 2. The van der Waals surface area contributed by atoms with E-state index in [1.165, 1.54) is 0 Å². The van der Waals surface area contributed by atoms with Crippen molar-refractivity contribution in [3.8, 4) is 11.5 Å². The lowest BCUT2D eigenvalue weighted by Crippen LogP contribution is -2.26. The van der Waals surface area contributed by atoms with Gasteiger partial charge in [0.25, 0.3) is 0 Å². The van der Waals surface area contributed by atoms with Crippen molar-refractivity contribution in [1.82, 2.24) is 5.32 Å². The molecular formula is C20H23NO5. The summed E-state index contributed by atoms with van der Waals surface area (Å²) in [5.74, 6) is 0.0539. The van der Waals surface area contributed by atoms with Crippen molar-refractivity contribution in [2.45, 2.75) is 25.9 Å². The number of ether oxygens (including phenoxy) is 2. The normalized spacial score (nSPS) is 10.2. The van der Waals surface area contributed by atoms with Gasteiger partial charge in [0.1, 0.15) is 6.61 Å². The van der Waals surface area contributed by atoms with Crippen LogP contribution in [0.4, 0.5) is 0 Å². The minimum Gasteiger partial charge on any atom is -0.493 e. The fourth-order valence-corrected chi connectivity index (χ4v) is 2.38. The summed E-state index contributed by atoms with van der Waals surface area (Å²) in [5.41, 5.74) is 2.05. The predicted molar refractivity (Wildman–Crippen MR) is 97.4 cm³/mol. The lowest BCUT2D eigenvalue weighted by Gasteiger charge is -2.13. The van der Waals surface area contributed by atoms with Crippen LogP contribution in [-0.2, 0) is 22.6 Å². The molecule has 26 heavy (non-hydrogen) atoms. The summed E-state index contributed by atoms with van der Waals surface area (Å²) in [6, 6.07) is 15.5. The molecule has 0 heterocycles. The minimum atomic E-state index is -0.976. The molecule has 2 rings (SSSR count). The van der Waals surface area contributed by atoms with Crippen LogP contribution in [0, 0.1) is 0 Å². The maximum atomic E-state index is 11.5. The summed E-state index contributed by atoms with van der Waals surface area (Å²) < 4.78 is 11.2. The lowest BCUT2D eigenvalue weighted by atomic mass is 10.1. The number of rotatable bonds is 10. The van der Waals surface area contributed by atoms with Crippen LogP contribution in [0.2, 0.25) is 0 Å². The molecule has 0 fully saturated rings. The summed E-state index contributed by atoms with van der Waals surface area (Å²) in [5, 5.41) is 11.3. The van der Waals surface area contributed by atoms with Gasteiger partial charge in [0.2, 0.25) is 5.91 Å². The first-order valence-electron chi connectivity index (χ1n) is 8.40. The number of carbonyl (C=O) groups excluding carboxylic acids is 1. The molecular weight excluding hydrogens is 334 g/mol. The van der Waals surface area contributed by atoms with E-state index in [2.05, 4.69) is 5.32 Å². The van der Waals surface area contributed by atoms with Gasteiger partial charge in [-0.3, -0.25) is 9.59 Å². The van der Waals surface area contributed by atoms with E-state index in [0.717, 1.165) is 11.1 Å². The van der Waals surface area contributed by atoms with Crippen LogP contribution < -0.4 is 14.8 Å². The number of hydrogen-bond acceptors (Lipinski definition) is 4. The average Bonchev–Trinajstić information content (AvgIpc) is 2.65. The molecule has 6 heteroatoms. The molecule has 0 aliphatic carbocycles. The van der Waals surface area contributed by atoms with Crippen LogP contribution >= 0.6 is 0 Å². The van der Waals surface area contributed by atoms with Crippen molar-refractivity contribution >= 4 is 11.9 Å². The van der Waals surface area contributed by atoms with Crippen molar-refractivity contribution in [2.24, 2.45) is 0 Å². The third-order valence-corrected chi connectivity index (χ3v) is 3.77. The van der Waals surface area contributed by atoms with Gasteiger partial charge in [-0.25, -0.2) is 0 Å². The molecule has 0 saturated carbocycles. The molecule has 0 aromatic heterocycles. The van der Waals surface area contributed by atoms with E-state index >= 15 is 0 Å². The number of aliphatic carboxylic acids is 1. The maximum Gasteiger partial charge on any atom is 0.303 e. The Kier molecular flexibility index (Phi) is 7.49. The third-order valence-electron chi connectivity index (χ3n) is 3.77. The molecule has 1 amide bonds. The van der Waals surface area contributed by atoms with Gasteiger partial charge >= 0.3 is 5.97 Å². The van der Waals surface area contributed by atoms with E-state index in [-0.39, 0.29) is 18.7 Å². The lowest BCUT2D eigenvalue weighted by molar-refractivity contribution is -0.138. The van der Waals surface area contributed by atoms with Gasteiger partial charge in [-0.2, -0.15) is 0 Å². The van der Waals surface area contributed by atoms with Crippen LogP contribution in [0.15, 0.2) is 48.5 Å². The van der Waals surface area contributed by atoms with Crippen molar-refractivity contribution in [2.75, 3.05) is 13.7 Å². The Morgan fingerprint density at radius 2 is 1.77 bits per heavy atom. The second-order valence-electron chi connectivity index (χ2n) is 5.75. The fraction of sp³-hybridized carbons (Fsp3) is 0.300. The largest absolute Gasteiger partial charge is 0.493 e. The van der Waals surface area contributed by atoms with Crippen molar-refractivity contribution in [3.05, 3.63) is 59.7 Å². The zero-order valence-corrected chi connectivity index (χ0v) is 14.7. The number of nitrogens with one attached hydrogen (secondary N) is 1. The van der Waals surface area contributed by atoms with Crippen LogP contribution in [0.1, 0.15) is 24.0 Å². The minimum absolute atomic E-state index is 0.0105. The van der Waals surface area contributed by atoms with Gasteiger partial charge in [0.05, 0.1) is 13.5 Å². The zero-order valence-electron chi connectivity index (χ0n) is 14.7. The summed E-state index contributed by atoms with van der Waals surface area (Å²) in [6.07, 6.45) is 0.444. The van der Waals surface area contributed by atoms with E-state index in [1.807, 2.05) is 48.5 Å². The number of carboxylic acid groups (broad SMARTS) is 1. The fourth-order valence-electron chi connectivity index (χ4n) is 2.38. The van der Waals surface area contributed by atoms with Crippen LogP contribution in [0.5, 0.6) is 11.5 Å². The van der Waals surface area contributed by atoms with Crippen LogP contribution in [0.3, 0.4) is 0 Å². The zero-order chi connectivity index (χ0) is 18.8. The topological polar surface area (TPSA) is 84.9 Å². The van der Waals surface area contributed by atoms with E-state index in [0.29, 0.717) is 31.1 Å². The molecule has 2 aromatic carbocycles. The number of hydrogen-bond donors (Lipinski definition) is 2. The molecule has 6 nitrogen and oxygen atoms in total. The molecule has 0 bridgehead atoms. The first-order valence-corrected chi connectivity index (χ1v) is 8.40. The highest BCUT2D eigenvalue weighted by Crippen LogP contribution is 2.29. The molecule has 0 unspecified atom stereocenters. The molecule has 0 aliphatic heterocycles. The Balaban J connectivity index is 1.89. The summed E-state index contributed by atoms with van der Waals surface area (Å²) >= 11 is 0. The van der Waals surface area contributed by atoms with Crippen LogP contribution in [0.25, 0.3) is 0 Å². The van der Waals surface area contributed by atoms with Gasteiger partial charge in [0.15, 0.2) is 11.5 Å². The average molecular weight is 357 g/mol. The molecule has 0 saturated heterocycles. The predicted octanol–water partition coefficient (Wildman–Crippen LogP) is 2.80. The summed E-state index contributed by atoms with van der Waals surface area (Å²) in [4.78, 5) is 22.0. The highest BCUT2D eigenvalue weighted by molar-refractivity contribution is 5.80. The van der Waals surface area contributed by atoms with Crippen LogP contribution in [-0.4, -0.2) is 30.6 Å². The van der Waals surface area contributed by atoms with Gasteiger partial charge in [-0.1, -0.05) is 36.4 Å². The van der Waals surface area contributed by atoms with Gasteiger partial charge in [-0.05, 0) is 29.7 Å². The molecule has 0 spiro atoms. The number of methoxy groups -OCH3 is 1. The van der Waals surface area contributed by atoms with E-state index in [4.69, 9.17) is 14.6 Å². The van der Waals surface area contributed by atoms with Gasteiger partial charge < -0.3 is 19.9 Å². The smallest absolute Gasteiger partial charge is 0.303 e. The number of benzene rings is 2. The summed E-state index contributed by atoms with van der Waals surface area (Å²) in [6.45, 7) is 0.871. The molecule has 2 N–H and O–H groups in total. The second-order valence-corrected chi connectivity index (χ2v) is 5.75. The monoisotopic (exact) mass is 357 g/mol. The number of carboxylic acids is 1. The Labute approximate surface area is 152 Å². The molecule has 0 aliphatic rings.